The molecule has 1 aromatic heterocycles. The van der Waals surface area contributed by atoms with E-state index in [4.69, 9.17) is 0 Å². The number of aryl methyl sites for hydroxylation is 2. The molecule has 0 aliphatic rings. The minimum atomic E-state index is -4.75. The summed E-state index contributed by atoms with van der Waals surface area (Å²) in [5, 5.41) is 2.31. The number of carbonyl (C=O) groups excluding carboxylic acids is 1. The molecule has 0 aliphatic carbocycles. The highest BCUT2D eigenvalue weighted by Gasteiger charge is 2.44. The summed E-state index contributed by atoms with van der Waals surface area (Å²) >= 11 is 1.14. The van der Waals surface area contributed by atoms with E-state index in [-0.39, 0.29) is 5.57 Å². The van der Waals surface area contributed by atoms with Crippen molar-refractivity contribution in [1.29, 1.82) is 0 Å². The van der Waals surface area contributed by atoms with Gasteiger partial charge in [-0.2, -0.15) is 17.5 Å². The lowest BCUT2D eigenvalue weighted by molar-refractivity contribution is -0.189. The fourth-order valence-electron chi connectivity index (χ4n) is 1.78. The van der Waals surface area contributed by atoms with E-state index in [1.165, 1.54) is 18.2 Å². The Labute approximate surface area is 136 Å². The van der Waals surface area contributed by atoms with Crippen molar-refractivity contribution in [2.45, 2.75) is 33.1 Å². The van der Waals surface area contributed by atoms with Crippen LogP contribution in [0.3, 0.4) is 0 Å². The predicted octanol–water partition coefficient (Wildman–Crippen LogP) is 4.93. The van der Waals surface area contributed by atoms with Gasteiger partial charge in [-0.3, -0.25) is 5.32 Å². The molecular weight excluding hydrogens is 329 g/mol. The van der Waals surface area contributed by atoms with Gasteiger partial charge in [0.2, 0.25) is 6.10 Å². The van der Waals surface area contributed by atoms with Gasteiger partial charge in [0.1, 0.15) is 0 Å². The molecule has 1 rings (SSSR count). The topological polar surface area (TPSA) is 51.2 Å². The Hall–Kier alpha value is -2.09. The number of carbonyl (C=O) groups is 1. The monoisotopic (exact) mass is 346 g/mol. The lowest BCUT2D eigenvalue weighted by Crippen LogP contribution is -2.36. The predicted molar refractivity (Wildman–Crippen MR) is 84.6 cm³/mol. The molecule has 0 aliphatic heterocycles. The Bertz CT molecular complexity index is 614. The summed E-state index contributed by atoms with van der Waals surface area (Å²) in [6, 6.07) is 0. The molecule has 1 amide bonds. The first kappa shape index (κ1) is 19.0. The molecule has 1 unspecified atom stereocenters. The molecule has 4 nitrogen and oxygen atoms in total. The van der Waals surface area contributed by atoms with E-state index in [1.807, 2.05) is 0 Å². The van der Waals surface area contributed by atoms with Gasteiger partial charge in [-0.25, -0.2) is 4.79 Å². The van der Waals surface area contributed by atoms with Crippen LogP contribution in [0.2, 0.25) is 0 Å². The quantitative estimate of drug-likeness (QED) is 0.769. The van der Waals surface area contributed by atoms with Crippen LogP contribution in [-0.2, 0) is 4.74 Å². The number of hydrogen-bond donors (Lipinski definition) is 1. The smallest absolute Gasteiger partial charge is 0.429 e. The lowest BCUT2D eigenvalue weighted by atomic mass is 10.1. The number of aromatic nitrogens is 1. The number of anilines is 1. The first-order valence-corrected chi connectivity index (χ1v) is 7.40. The molecule has 23 heavy (non-hydrogen) atoms. The molecule has 8 heteroatoms. The summed E-state index contributed by atoms with van der Waals surface area (Å²) in [7, 11) is 0. The maximum absolute atomic E-state index is 13.2. The Kier molecular flexibility index (Phi) is 6.56. The zero-order chi connectivity index (χ0) is 17.6. The zero-order valence-corrected chi connectivity index (χ0v) is 13.7. The van der Waals surface area contributed by atoms with Crippen LogP contribution >= 0.6 is 11.5 Å². The van der Waals surface area contributed by atoms with Gasteiger partial charge >= 0.3 is 12.3 Å². The van der Waals surface area contributed by atoms with Gasteiger partial charge in [0.15, 0.2) is 0 Å². The number of rotatable bonds is 5. The van der Waals surface area contributed by atoms with Gasteiger partial charge in [-0.15, -0.1) is 0 Å². The maximum Gasteiger partial charge on any atom is 0.429 e. The van der Waals surface area contributed by atoms with Crippen LogP contribution in [0.4, 0.5) is 23.7 Å². The zero-order valence-electron chi connectivity index (χ0n) is 12.9. The Balaban J connectivity index is 3.00. The highest BCUT2D eigenvalue weighted by Crippen LogP contribution is 2.30. The number of ether oxygens (including phenoxy) is 1. The fraction of sp³-hybridized carbons (Fsp3) is 0.333. The first-order valence-electron chi connectivity index (χ1n) is 6.63. The van der Waals surface area contributed by atoms with Gasteiger partial charge in [0.25, 0.3) is 0 Å². The van der Waals surface area contributed by atoms with E-state index in [1.54, 1.807) is 20.8 Å². The van der Waals surface area contributed by atoms with Crippen LogP contribution in [0.1, 0.15) is 17.5 Å². The van der Waals surface area contributed by atoms with E-state index in [2.05, 4.69) is 21.0 Å². The van der Waals surface area contributed by atoms with Crippen LogP contribution in [-0.4, -0.2) is 22.7 Å². The third-order valence-corrected chi connectivity index (χ3v) is 3.60. The molecule has 1 aromatic rings. The van der Waals surface area contributed by atoms with Crippen molar-refractivity contribution in [1.82, 2.24) is 4.37 Å². The average Bonchev–Trinajstić information content (AvgIpc) is 2.75. The second kappa shape index (κ2) is 7.96. The van der Waals surface area contributed by atoms with Crippen molar-refractivity contribution in [3.8, 4) is 0 Å². The molecule has 1 heterocycles. The molecule has 0 fully saturated rings. The van der Waals surface area contributed by atoms with Crippen molar-refractivity contribution < 1.29 is 22.7 Å². The molecule has 0 aromatic carbocycles. The molecule has 0 bridgehead atoms. The van der Waals surface area contributed by atoms with Crippen molar-refractivity contribution >= 4 is 23.3 Å². The summed E-state index contributed by atoms with van der Waals surface area (Å²) in [6.07, 6.45) is -3.34. The standard InChI is InChI=1S/C15H17F3N2O2S/c1-5-7-11(8-6-2)13(15(16,17)18)22-14(21)19-12-9(3)20-23-10(12)4/h5-8,13H,1H2,2-4H3,(H,19,21)/b8-6-,11-7+. The van der Waals surface area contributed by atoms with Crippen LogP contribution in [0.15, 0.2) is 36.5 Å². The molecule has 126 valence electrons. The minimum absolute atomic E-state index is 0.220. The Morgan fingerprint density at radius 3 is 2.52 bits per heavy atom. The highest BCUT2D eigenvalue weighted by molar-refractivity contribution is 7.06. The minimum Gasteiger partial charge on any atom is -0.431 e. The van der Waals surface area contributed by atoms with E-state index in [9.17, 15) is 18.0 Å². The Morgan fingerprint density at radius 1 is 1.43 bits per heavy atom. The number of halogens is 3. The highest BCUT2D eigenvalue weighted by atomic mass is 32.1. The normalized spacial score (nSPS) is 13.9. The van der Waals surface area contributed by atoms with Gasteiger partial charge in [-0.05, 0) is 32.3 Å². The van der Waals surface area contributed by atoms with Crippen molar-refractivity contribution in [3.05, 3.63) is 47.0 Å². The van der Waals surface area contributed by atoms with Crippen molar-refractivity contribution in [2.24, 2.45) is 0 Å². The largest absolute Gasteiger partial charge is 0.431 e. The molecule has 1 N–H and O–H groups in total. The SMILES string of the molecule is C=C/C=C(\C=C/C)C(OC(=O)Nc1c(C)nsc1C)C(F)(F)F. The van der Waals surface area contributed by atoms with Crippen LogP contribution in [0, 0.1) is 13.8 Å². The molecule has 1 atom stereocenters. The number of nitrogens with zero attached hydrogens (tertiary/aromatic N) is 1. The maximum atomic E-state index is 13.2. The van der Waals surface area contributed by atoms with Gasteiger partial charge < -0.3 is 4.74 Å². The average molecular weight is 346 g/mol. The summed E-state index contributed by atoms with van der Waals surface area (Å²) in [5.41, 5.74) is 0.659. The van der Waals surface area contributed by atoms with Crippen molar-refractivity contribution in [3.63, 3.8) is 0 Å². The third kappa shape index (κ3) is 5.24. The summed E-state index contributed by atoms with van der Waals surface area (Å²) < 4.78 is 48.2. The third-order valence-electron chi connectivity index (χ3n) is 2.75. The first-order chi connectivity index (χ1) is 10.7. The van der Waals surface area contributed by atoms with Crippen LogP contribution in [0.5, 0.6) is 0 Å². The number of hydrogen-bond acceptors (Lipinski definition) is 4. The van der Waals surface area contributed by atoms with E-state index in [0.29, 0.717) is 16.3 Å². The molecule has 0 saturated heterocycles. The summed E-state index contributed by atoms with van der Waals surface area (Å²) in [6.45, 7) is 8.27. The Morgan fingerprint density at radius 2 is 2.09 bits per heavy atom. The van der Waals surface area contributed by atoms with Crippen molar-refractivity contribution in [2.75, 3.05) is 5.32 Å². The molecule has 0 spiro atoms. The fourth-order valence-corrected chi connectivity index (χ4v) is 2.44. The van der Waals surface area contributed by atoms with Gasteiger partial charge in [0, 0.05) is 10.5 Å². The number of alkyl halides is 3. The van der Waals surface area contributed by atoms with Gasteiger partial charge in [0.05, 0.1) is 11.4 Å². The lowest BCUT2D eigenvalue weighted by Gasteiger charge is -2.22. The summed E-state index contributed by atoms with van der Waals surface area (Å²) in [4.78, 5) is 12.5. The number of nitrogens with one attached hydrogen (secondary N) is 1. The molecular formula is C15H17F3N2O2S. The van der Waals surface area contributed by atoms with E-state index >= 15 is 0 Å². The number of amides is 1. The van der Waals surface area contributed by atoms with E-state index < -0.39 is 18.4 Å². The van der Waals surface area contributed by atoms with E-state index in [0.717, 1.165) is 17.6 Å². The van der Waals surface area contributed by atoms with Gasteiger partial charge in [-0.1, -0.05) is 30.9 Å². The number of allylic oxidation sites excluding steroid dienone is 3. The summed E-state index contributed by atoms with van der Waals surface area (Å²) in [5.74, 6) is 0. The second-order valence-electron chi connectivity index (χ2n) is 4.55. The molecule has 0 radical (unpaired) electrons. The van der Waals surface area contributed by atoms with Crippen LogP contribution in [0.25, 0.3) is 0 Å². The second-order valence-corrected chi connectivity index (χ2v) is 5.53. The molecule has 0 saturated carbocycles. The van der Waals surface area contributed by atoms with Crippen LogP contribution < -0.4 is 5.32 Å².